The average Bonchev–Trinajstić information content (AvgIpc) is 2.20. The van der Waals surface area contributed by atoms with Crippen LogP contribution in [0.1, 0.15) is 32.3 Å². The molecule has 1 nitrogen and oxygen atoms in total. The molecule has 0 aliphatic heterocycles. The topological polar surface area (TPSA) is 12.0 Å². The van der Waals surface area contributed by atoms with Gasteiger partial charge in [-0.1, -0.05) is 37.9 Å². The summed E-state index contributed by atoms with van der Waals surface area (Å²) >= 11 is 5.95. The van der Waals surface area contributed by atoms with E-state index in [2.05, 4.69) is 32.2 Å². The highest BCUT2D eigenvalue weighted by molar-refractivity contribution is 6.30. The third-order valence-corrected chi connectivity index (χ3v) is 2.86. The summed E-state index contributed by atoms with van der Waals surface area (Å²) in [5.41, 5.74) is 2.41. The first kappa shape index (κ1) is 12.4. The molecule has 1 unspecified atom stereocenters. The predicted octanol–water partition coefficient (Wildman–Crippen LogP) is 4.50. The number of aryl methyl sites for hydroxylation is 1. The van der Waals surface area contributed by atoms with Gasteiger partial charge in [-0.2, -0.15) is 0 Å². The maximum atomic E-state index is 5.95. The van der Waals surface area contributed by atoms with Crippen molar-refractivity contribution in [2.75, 3.05) is 11.9 Å². The van der Waals surface area contributed by atoms with Gasteiger partial charge in [-0.3, -0.25) is 0 Å². The Morgan fingerprint density at radius 2 is 2.13 bits per heavy atom. The third-order valence-electron chi connectivity index (χ3n) is 2.62. The molecule has 1 aromatic rings. The van der Waals surface area contributed by atoms with Crippen molar-refractivity contribution in [2.45, 2.75) is 33.6 Å². The van der Waals surface area contributed by atoms with Crippen LogP contribution < -0.4 is 5.32 Å². The van der Waals surface area contributed by atoms with E-state index < -0.39 is 0 Å². The average molecular weight is 226 g/mol. The number of hydrogen-bond acceptors (Lipinski definition) is 1. The number of benzene rings is 1. The fourth-order valence-corrected chi connectivity index (χ4v) is 1.84. The van der Waals surface area contributed by atoms with Crippen LogP contribution >= 0.6 is 11.6 Å². The summed E-state index contributed by atoms with van der Waals surface area (Å²) in [6.07, 6.45) is 2.52. The monoisotopic (exact) mass is 225 g/mol. The van der Waals surface area contributed by atoms with Gasteiger partial charge in [0.25, 0.3) is 0 Å². The smallest absolute Gasteiger partial charge is 0.0426 e. The first-order valence-corrected chi connectivity index (χ1v) is 6.01. The number of anilines is 1. The molecule has 2 heteroatoms. The SMILES string of the molecule is CCCC(C)CNc1cc(Cl)ccc1C. The van der Waals surface area contributed by atoms with E-state index in [0.717, 1.165) is 17.3 Å². The lowest BCUT2D eigenvalue weighted by atomic mass is 10.1. The second-order valence-electron chi connectivity index (χ2n) is 4.23. The van der Waals surface area contributed by atoms with Gasteiger partial charge in [0.1, 0.15) is 0 Å². The van der Waals surface area contributed by atoms with Crippen LogP contribution in [0.3, 0.4) is 0 Å². The lowest BCUT2D eigenvalue weighted by molar-refractivity contribution is 0.550. The maximum absolute atomic E-state index is 5.95. The van der Waals surface area contributed by atoms with Crippen molar-refractivity contribution in [3.05, 3.63) is 28.8 Å². The van der Waals surface area contributed by atoms with Crippen LogP contribution in [0.2, 0.25) is 5.02 Å². The van der Waals surface area contributed by atoms with Crippen molar-refractivity contribution in [2.24, 2.45) is 5.92 Å². The molecule has 0 aliphatic carbocycles. The van der Waals surface area contributed by atoms with Crippen LogP contribution in [-0.2, 0) is 0 Å². The van der Waals surface area contributed by atoms with Crippen LogP contribution in [0.25, 0.3) is 0 Å². The van der Waals surface area contributed by atoms with Gasteiger partial charge in [-0.05, 0) is 37.0 Å². The Labute approximate surface area is 97.8 Å². The van der Waals surface area contributed by atoms with Crippen LogP contribution in [0.5, 0.6) is 0 Å². The zero-order chi connectivity index (χ0) is 11.3. The fraction of sp³-hybridized carbons (Fsp3) is 0.538. The van der Waals surface area contributed by atoms with E-state index in [1.165, 1.54) is 18.4 Å². The normalized spacial score (nSPS) is 12.5. The van der Waals surface area contributed by atoms with E-state index in [0.29, 0.717) is 5.92 Å². The molecule has 0 heterocycles. The van der Waals surface area contributed by atoms with Gasteiger partial charge in [-0.25, -0.2) is 0 Å². The summed E-state index contributed by atoms with van der Waals surface area (Å²) in [6, 6.07) is 5.97. The van der Waals surface area contributed by atoms with Crippen LogP contribution in [0, 0.1) is 12.8 Å². The predicted molar refractivity (Wildman–Crippen MR) is 68.8 cm³/mol. The van der Waals surface area contributed by atoms with Crippen LogP contribution in [-0.4, -0.2) is 6.54 Å². The second-order valence-corrected chi connectivity index (χ2v) is 4.67. The van der Waals surface area contributed by atoms with Gasteiger partial charge < -0.3 is 5.32 Å². The lowest BCUT2D eigenvalue weighted by Crippen LogP contribution is -2.11. The summed E-state index contributed by atoms with van der Waals surface area (Å²) in [4.78, 5) is 0. The summed E-state index contributed by atoms with van der Waals surface area (Å²) in [5.74, 6) is 0.716. The minimum Gasteiger partial charge on any atom is -0.385 e. The highest BCUT2D eigenvalue weighted by Crippen LogP contribution is 2.20. The summed E-state index contributed by atoms with van der Waals surface area (Å²) in [6.45, 7) is 7.62. The molecule has 15 heavy (non-hydrogen) atoms. The van der Waals surface area contributed by atoms with E-state index in [4.69, 9.17) is 11.6 Å². The van der Waals surface area contributed by atoms with Gasteiger partial charge in [-0.15, -0.1) is 0 Å². The first-order chi connectivity index (χ1) is 7.13. The number of hydrogen-bond donors (Lipinski definition) is 1. The summed E-state index contributed by atoms with van der Waals surface area (Å²) < 4.78 is 0. The first-order valence-electron chi connectivity index (χ1n) is 5.63. The highest BCUT2D eigenvalue weighted by Gasteiger charge is 2.02. The molecular weight excluding hydrogens is 206 g/mol. The lowest BCUT2D eigenvalue weighted by Gasteiger charge is -2.14. The summed E-state index contributed by atoms with van der Waals surface area (Å²) in [5, 5.41) is 4.25. The van der Waals surface area contributed by atoms with Gasteiger partial charge in [0.2, 0.25) is 0 Å². The zero-order valence-electron chi connectivity index (χ0n) is 9.81. The third kappa shape index (κ3) is 4.13. The van der Waals surface area contributed by atoms with Crippen molar-refractivity contribution in [1.29, 1.82) is 0 Å². The number of nitrogens with one attached hydrogen (secondary N) is 1. The molecule has 1 rings (SSSR count). The molecule has 1 N–H and O–H groups in total. The van der Waals surface area contributed by atoms with Crippen LogP contribution in [0.15, 0.2) is 18.2 Å². The Bertz CT molecular complexity index is 309. The highest BCUT2D eigenvalue weighted by atomic mass is 35.5. The standard InChI is InChI=1S/C13H20ClN/c1-4-5-10(2)9-15-13-8-12(14)7-6-11(13)3/h6-8,10,15H,4-5,9H2,1-3H3. The van der Waals surface area contributed by atoms with Crippen molar-refractivity contribution in [3.8, 4) is 0 Å². The molecule has 0 bridgehead atoms. The quantitative estimate of drug-likeness (QED) is 0.778. The largest absolute Gasteiger partial charge is 0.385 e. The zero-order valence-corrected chi connectivity index (χ0v) is 10.6. The van der Waals surface area contributed by atoms with Gasteiger partial charge in [0.05, 0.1) is 0 Å². The molecule has 0 saturated heterocycles. The molecule has 1 atom stereocenters. The Morgan fingerprint density at radius 1 is 1.40 bits per heavy atom. The van der Waals surface area contributed by atoms with E-state index in [-0.39, 0.29) is 0 Å². The van der Waals surface area contributed by atoms with E-state index in [1.807, 2.05) is 12.1 Å². The molecule has 0 fully saturated rings. The second kappa shape index (κ2) is 6.02. The molecule has 0 aliphatic rings. The fourth-order valence-electron chi connectivity index (χ4n) is 1.66. The van der Waals surface area contributed by atoms with Crippen molar-refractivity contribution in [3.63, 3.8) is 0 Å². The number of halogens is 1. The molecule has 84 valence electrons. The van der Waals surface area contributed by atoms with Gasteiger partial charge >= 0.3 is 0 Å². The van der Waals surface area contributed by atoms with Crippen molar-refractivity contribution in [1.82, 2.24) is 0 Å². The Kier molecular flexibility index (Phi) is 4.97. The Hall–Kier alpha value is -0.690. The van der Waals surface area contributed by atoms with Gasteiger partial charge in [0, 0.05) is 17.3 Å². The van der Waals surface area contributed by atoms with Crippen molar-refractivity contribution < 1.29 is 0 Å². The van der Waals surface area contributed by atoms with Crippen molar-refractivity contribution >= 4 is 17.3 Å². The molecule has 0 saturated carbocycles. The Morgan fingerprint density at radius 3 is 2.80 bits per heavy atom. The molecule has 1 aromatic carbocycles. The molecule has 0 amide bonds. The van der Waals surface area contributed by atoms with Crippen LogP contribution in [0.4, 0.5) is 5.69 Å². The Balaban J connectivity index is 2.53. The maximum Gasteiger partial charge on any atom is 0.0426 e. The van der Waals surface area contributed by atoms with E-state index in [1.54, 1.807) is 0 Å². The molecule has 0 radical (unpaired) electrons. The minimum atomic E-state index is 0.716. The van der Waals surface area contributed by atoms with Gasteiger partial charge in [0.15, 0.2) is 0 Å². The molecule has 0 spiro atoms. The van der Waals surface area contributed by atoms with E-state index in [9.17, 15) is 0 Å². The minimum absolute atomic E-state index is 0.716. The summed E-state index contributed by atoms with van der Waals surface area (Å²) in [7, 11) is 0. The van der Waals surface area contributed by atoms with E-state index >= 15 is 0 Å². The number of rotatable bonds is 5. The molecular formula is C13H20ClN. The molecule has 0 aromatic heterocycles.